The fraction of sp³-hybridized carbons (Fsp3) is 0.625. The number of aliphatic hydroxyl groups is 1. The van der Waals surface area contributed by atoms with Gasteiger partial charge >= 0.3 is 0 Å². The third kappa shape index (κ3) is 2.94. The molecule has 1 aromatic rings. The Morgan fingerprint density at radius 1 is 1.25 bits per heavy atom. The molecule has 4 nitrogen and oxygen atoms in total. The molecule has 1 aromatic heterocycles. The van der Waals surface area contributed by atoms with Gasteiger partial charge in [-0.3, -0.25) is 0 Å². The van der Waals surface area contributed by atoms with Gasteiger partial charge in [-0.2, -0.15) is 5.26 Å². The Hall–Kier alpha value is -1.60. The van der Waals surface area contributed by atoms with Crippen LogP contribution in [0.1, 0.15) is 61.9 Å². The molecule has 1 aliphatic carbocycles. The lowest BCUT2D eigenvalue weighted by Gasteiger charge is -2.24. The lowest BCUT2D eigenvalue weighted by molar-refractivity contribution is 0.208. The number of hydrogen-bond acceptors (Lipinski definition) is 4. The van der Waals surface area contributed by atoms with Crippen LogP contribution in [-0.4, -0.2) is 22.7 Å². The van der Waals surface area contributed by atoms with Crippen molar-refractivity contribution in [3.05, 3.63) is 22.4 Å². The molecule has 108 valence electrons. The zero-order chi connectivity index (χ0) is 14.7. The first-order valence-corrected chi connectivity index (χ1v) is 7.42. The van der Waals surface area contributed by atoms with Crippen molar-refractivity contribution in [2.75, 3.05) is 11.9 Å². The molecule has 4 heteroatoms. The molecule has 20 heavy (non-hydrogen) atoms. The normalized spacial score (nSPS) is 15.6. The quantitative estimate of drug-likeness (QED) is 0.885. The molecule has 0 saturated heterocycles. The average molecular weight is 273 g/mol. The summed E-state index contributed by atoms with van der Waals surface area (Å²) in [6, 6.07) is 2.31. The summed E-state index contributed by atoms with van der Waals surface area (Å²) in [5.74, 6) is 0.986. The third-order valence-electron chi connectivity index (χ3n) is 3.77. The molecule has 1 aliphatic rings. The van der Waals surface area contributed by atoms with Crippen LogP contribution in [0.25, 0.3) is 0 Å². The summed E-state index contributed by atoms with van der Waals surface area (Å²) >= 11 is 0. The maximum Gasteiger partial charge on any atom is 0.144 e. The standard InChI is InChI=1S/C16H23N3O/c1-10(2)15-13-7-5-4-6-12(13)14(8-17)16(19-15)18-9-11(3)20/h10-11,20H,4-7,9H2,1-3H3,(H,18,19). The smallest absolute Gasteiger partial charge is 0.144 e. The fourth-order valence-corrected chi connectivity index (χ4v) is 2.82. The van der Waals surface area contributed by atoms with Crippen LogP contribution in [0.15, 0.2) is 0 Å². The van der Waals surface area contributed by atoms with E-state index >= 15 is 0 Å². The average Bonchev–Trinajstić information content (AvgIpc) is 2.43. The summed E-state index contributed by atoms with van der Waals surface area (Å²) < 4.78 is 0. The number of rotatable bonds is 4. The van der Waals surface area contributed by atoms with Gasteiger partial charge in [0, 0.05) is 12.2 Å². The van der Waals surface area contributed by atoms with Crippen LogP contribution in [0.5, 0.6) is 0 Å². The minimum Gasteiger partial charge on any atom is -0.392 e. The van der Waals surface area contributed by atoms with Gasteiger partial charge in [0.15, 0.2) is 0 Å². The molecule has 0 fully saturated rings. The first-order valence-electron chi connectivity index (χ1n) is 7.42. The summed E-state index contributed by atoms with van der Waals surface area (Å²) in [7, 11) is 0. The summed E-state index contributed by atoms with van der Waals surface area (Å²) in [6.07, 6.45) is 3.85. The van der Waals surface area contributed by atoms with Crippen molar-refractivity contribution in [1.29, 1.82) is 5.26 Å². The number of fused-ring (bicyclic) bond motifs is 1. The highest BCUT2D eigenvalue weighted by Gasteiger charge is 2.23. The molecule has 0 saturated carbocycles. The number of pyridine rings is 1. The minimum absolute atomic E-state index is 0.349. The van der Waals surface area contributed by atoms with Crippen molar-refractivity contribution in [3.8, 4) is 6.07 Å². The van der Waals surface area contributed by atoms with Crippen LogP contribution in [0.3, 0.4) is 0 Å². The number of aromatic nitrogens is 1. The molecule has 0 aliphatic heterocycles. The summed E-state index contributed by atoms with van der Waals surface area (Å²) in [6.45, 7) is 6.42. The van der Waals surface area contributed by atoms with Gasteiger partial charge < -0.3 is 10.4 Å². The van der Waals surface area contributed by atoms with E-state index in [1.807, 2.05) is 0 Å². The molecule has 1 heterocycles. The van der Waals surface area contributed by atoms with E-state index in [0.29, 0.717) is 23.8 Å². The lowest BCUT2D eigenvalue weighted by atomic mass is 9.85. The van der Waals surface area contributed by atoms with Gasteiger partial charge in [-0.05, 0) is 49.7 Å². The predicted octanol–water partition coefficient (Wildman–Crippen LogP) is 2.75. The first kappa shape index (κ1) is 14.8. The number of nitriles is 1. The van der Waals surface area contributed by atoms with Gasteiger partial charge in [0.25, 0.3) is 0 Å². The highest BCUT2D eigenvalue weighted by molar-refractivity contribution is 5.60. The largest absolute Gasteiger partial charge is 0.392 e. The van der Waals surface area contributed by atoms with Gasteiger partial charge in [-0.1, -0.05) is 13.8 Å². The van der Waals surface area contributed by atoms with Crippen LogP contribution in [0.4, 0.5) is 5.82 Å². The van der Waals surface area contributed by atoms with E-state index in [1.54, 1.807) is 6.92 Å². The Morgan fingerprint density at radius 2 is 1.90 bits per heavy atom. The van der Waals surface area contributed by atoms with E-state index < -0.39 is 6.10 Å². The summed E-state index contributed by atoms with van der Waals surface area (Å²) in [5, 5.41) is 22.0. The maximum absolute atomic E-state index is 9.48. The highest BCUT2D eigenvalue weighted by atomic mass is 16.3. The highest BCUT2D eigenvalue weighted by Crippen LogP contribution is 2.33. The number of anilines is 1. The Balaban J connectivity index is 2.51. The van der Waals surface area contributed by atoms with Crippen LogP contribution < -0.4 is 5.32 Å². The van der Waals surface area contributed by atoms with Crippen molar-refractivity contribution in [2.45, 2.75) is 58.5 Å². The molecule has 2 rings (SSSR count). The Labute approximate surface area is 120 Å². The molecule has 1 unspecified atom stereocenters. The van der Waals surface area contributed by atoms with Crippen molar-refractivity contribution < 1.29 is 5.11 Å². The Kier molecular flexibility index (Phi) is 4.61. The molecule has 0 spiro atoms. The monoisotopic (exact) mass is 273 g/mol. The van der Waals surface area contributed by atoms with Crippen molar-refractivity contribution >= 4 is 5.82 Å². The lowest BCUT2D eigenvalue weighted by Crippen LogP contribution is -2.20. The van der Waals surface area contributed by atoms with Crippen molar-refractivity contribution in [2.24, 2.45) is 0 Å². The van der Waals surface area contributed by atoms with Crippen molar-refractivity contribution in [3.63, 3.8) is 0 Å². The third-order valence-corrected chi connectivity index (χ3v) is 3.77. The summed E-state index contributed by atoms with van der Waals surface area (Å²) in [4.78, 5) is 4.68. The number of aliphatic hydroxyl groups excluding tert-OH is 1. The molecule has 1 atom stereocenters. The van der Waals surface area contributed by atoms with Crippen LogP contribution >= 0.6 is 0 Å². The van der Waals surface area contributed by atoms with Gasteiger partial charge in [0.2, 0.25) is 0 Å². The first-order chi connectivity index (χ1) is 9.54. The zero-order valence-electron chi connectivity index (χ0n) is 12.5. The van der Waals surface area contributed by atoms with E-state index in [4.69, 9.17) is 0 Å². The molecule has 0 aromatic carbocycles. The SMILES string of the molecule is CC(O)CNc1nc(C(C)C)c2c(c1C#N)CCCC2. The molecule has 0 amide bonds. The molecule has 0 radical (unpaired) electrons. The Bertz CT molecular complexity index is 530. The Morgan fingerprint density at radius 3 is 2.45 bits per heavy atom. The van der Waals surface area contributed by atoms with E-state index in [2.05, 4.69) is 30.2 Å². The number of nitrogens with zero attached hydrogens (tertiary/aromatic N) is 2. The second-order valence-electron chi connectivity index (χ2n) is 5.88. The maximum atomic E-state index is 9.48. The molecule has 0 bridgehead atoms. The van der Waals surface area contributed by atoms with Crippen molar-refractivity contribution in [1.82, 2.24) is 4.98 Å². The number of nitrogens with one attached hydrogen (secondary N) is 1. The minimum atomic E-state index is -0.457. The fourth-order valence-electron chi connectivity index (χ4n) is 2.82. The second-order valence-corrected chi connectivity index (χ2v) is 5.88. The predicted molar refractivity (Wildman–Crippen MR) is 79.9 cm³/mol. The van der Waals surface area contributed by atoms with Gasteiger partial charge in [0.05, 0.1) is 11.7 Å². The van der Waals surface area contributed by atoms with Gasteiger partial charge in [0.1, 0.15) is 11.9 Å². The van der Waals surface area contributed by atoms with Crippen LogP contribution in [0.2, 0.25) is 0 Å². The van der Waals surface area contributed by atoms with Crippen LogP contribution in [-0.2, 0) is 12.8 Å². The molecular formula is C16H23N3O. The van der Waals surface area contributed by atoms with E-state index in [9.17, 15) is 10.4 Å². The van der Waals surface area contributed by atoms with E-state index in [0.717, 1.165) is 25.0 Å². The van der Waals surface area contributed by atoms with E-state index in [-0.39, 0.29) is 0 Å². The topological polar surface area (TPSA) is 68.9 Å². The van der Waals surface area contributed by atoms with Gasteiger partial charge in [-0.15, -0.1) is 0 Å². The second kappa shape index (κ2) is 6.23. The number of hydrogen-bond donors (Lipinski definition) is 2. The summed E-state index contributed by atoms with van der Waals surface area (Å²) in [5.41, 5.74) is 4.23. The molecule has 2 N–H and O–H groups in total. The zero-order valence-corrected chi connectivity index (χ0v) is 12.5. The molecular weight excluding hydrogens is 250 g/mol. The van der Waals surface area contributed by atoms with Crippen LogP contribution in [0, 0.1) is 11.3 Å². The van der Waals surface area contributed by atoms with Gasteiger partial charge in [-0.25, -0.2) is 4.98 Å². The van der Waals surface area contributed by atoms with E-state index in [1.165, 1.54) is 17.5 Å².